The largest absolute Gasteiger partial charge is 0.330 e. The first kappa shape index (κ1) is 15.9. The van der Waals surface area contributed by atoms with Gasteiger partial charge in [0.2, 0.25) is 0 Å². The van der Waals surface area contributed by atoms with Crippen LogP contribution < -0.4 is 10.5 Å². The minimum atomic E-state index is -3.71. The fourth-order valence-electron chi connectivity index (χ4n) is 1.51. The molecule has 0 saturated heterocycles. The van der Waals surface area contributed by atoms with Gasteiger partial charge < -0.3 is 5.73 Å². The third kappa shape index (κ3) is 3.79. The zero-order chi connectivity index (χ0) is 15.5. The van der Waals surface area contributed by atoms with Gasteiger partial charge in [-0.05, 0) is 32.0 Å². The van der Waals surface area contributed by atoms with Gasteiger partial charge in [0.1, 0.15) is 0 Å². The number of thiazole rings is 1. The fraction of sp³-hybridized carbons (Fsp3) is 0.333. The van der Waals surface area contributed by atoms with Gasteiger partial charge in [0.15, 0.2) is 10.4 Å². The Balaban J connectivity index is 2.16. The Morgan fingerprint density at radius 1 is 1.52 bits per heavy atom. The molecule has 0 aliphatic heterocycles. The van der Waals surface area contributed by atoms with Gasteiger partial charge in [-0.1, -0.05) is 0 Å². The minimum Gasteiger partial charge on any atom is -0.330 e. The van der Waals surface area contributed by atoms with E-state index in [1.807, 2.05) is 12.1 Å². The smallest absolute Gasteiger partial charge is 0.250 e. The SMILES string of the molecule is CC(C#N)S(=O)(=O)Nc1nc(-c2ccc(CCN)s2)cs1. The number of nitriles is 1. The average Bonchev–Trinajstić information content (AvgIpc) is 3.07. The van der Waals surface area contributed by atoms with Gasteiger partial charge in [0.05, 0.1) is 16.6 Å². The summed E-state index contributed by atoms with van der Waals surface area (Å²) in [7, 11) is -3.71. The molecule has 0 amide bonds. The van der Waals surface area contributed by atoms with Crippen LogP contribution in [0.4, 0.5) is 5.13 Å². The third-order valence-corrected chi connectivity index (χ3v) is 6.25. The maximum atomic E-state index is 11.8. The average molecular weight is 342 g/mol. The van der Waals surface area contributed by atoms with E-state index in [1.54, 1.807) is 22.8 Å². The number of aromatic nitrogens is 1. The molecular weight excluding hydrogens is 328 g/mol. The molecule has 0 fully saturated rings. The third-order valence-electron chi connectivity index (χ3n) is 2.69. The van der Waals surface area contributed by atoms with Crippen LogP contribution in [0, 0.1) is 11.3 Å². The Morgan fingerprint density at radius 3 is 2.95 bits per heavy atom. The summed E-state index contributed by atoms with van der Waals surface area (Å²) in [6.45, 7) is 1.92. The van der Waals surface area contributed by atoms with Gasteiger partial charge in [-0.2, -0.15) is 5.26 Å². The van der Waals surface area contributed by atoms with Crippen molar-refractivity contribution in [3.8, 4) is 16.6 Å². The zero-order valence-electron chi connectivity index (χ0n) is 11.2. The molecule has 2 rings (SSSR count). The van der Waals surface area contributed by atoms with Crippen molar-refractivity contribution in [1.29, 1.82) is 5.26 Å². The van der Waals surface area contributed by atoms with E-state index in [1.165, 1.54) is 23.1 Å². The highest BCUT2D eigenvalue weighted by Crippen LogP contribution is 2.31. The Hall–Kier alpha value is -1.47. The second-order valence-electron chi connectivity index (χ2n) is 4.26. The van der Waals surface area contributed by atoms with Crippen molar-refractivity contribution in [3.63, 3.8) is 0 Å². The van der Waals surface area contributed by atoms with Gasteiger partial charge in [0.25, 0.3) is 10.0 Å². The molecule has 9 heteroatoms. The van der Waals surface area contributed by atoms with Crippen LogP contribution in [-0.2, 0) is 16.4 Å². The molecule has 3 N–H and O–H groups in total. The number of nitrogens with one attached hydrogen (secondary N) is 1. The van der Waals surface area contributed by atoms with Crippen molar-refractivity contribution in [2.24, 2.45) is 5.73 Å². The first-order valence-electron chi connectivity index (χ1n) is 6.12. The van der Waals surface area contributed by atoms with Crippen molar-refractivity contribution in [1.82, 2.24) is 4.98 Å². The van der Waals surface area contributed by atoms with E-state index < -0.39 is 15.3 Å². The second kappa shape index (κ2) is 6.53. The number of sulfonamides is 1. The van der Waals surface area contributed by atoms with Crippen molar-refractivity contribution in [3.05, 3.63) is 22.4 Å². The van der Waals surface area contributed by atoms with Gasteiger partial charge in [-0.15, -0.1) is 22.7 Å². The Kier molecular flexibility index (Phi) is 4.95. The highest BCUT2D eigenvalue weighted by Gasteiger charge is 2.21. The number of hydrogen-bond acceptors (Lipinski definition) is 7. The lowest BCUT2D eigenvalue weighted by molar-refractivity contribution is 0.597. The number of anilines is 1. The number of nitrogens with zero attached hydrogens (tertiary/aromatic N) is 2. The molecule has 2 aromatic heterocycles. The van der Waals surface area contributed by atoms with Crippen LogP contribution in [-0.4, -0.2) is 25.2 Å². The number of hydrogen-bond donors (Lipinski definition) is 2. The second-order valence-corrected chi connectivity index (χ2v) is 8.29. The van der Waals surface area contributed by atoms with Crippen LogP contribution >= 0.6 is 22.7 Å². The summed E-state index contributed by atoms with van der Waals surface area (Å²) >= 11 is 2.78. The van der Waals surface area contributed by atoms with Crippen molar-refractivity contribution in [2.45, 2.75) is 18.6 Å². The molecule has 0 saturated carbocycles. The predicted molar refractivity (Wildman–Crippen MR) is 85.8 cm³/mol. The molecule has 2 aromatic rings. The molecule has 0 spiro atoms. The molecule has 0 aliphatic rings. The number of nitrogens with two attached hydrogens (primary N) is 1. The number of rotatable bonds is 6. The summed E-state index contributed by atoms with van der Waals surface area (Å²) in [5.41, 5.74) is 6.23. The number of thiophene rings is 1. The summed E-state index contributed by atoms with van der Waals surface area (Å²) < 4.78 is 25.9. The highest BCUT2D eigenvalue weighted by atomic mass is 32.2. The molecule has 21 heavy (non-hydrogen) atoms. The van der Waals surface area contributed by atoms with Crippen LogP contribution in [0.3, 0.4) is 0 Å². The van der Waals surface area contributed by atoms with Gasteiger partial charge in [0, 0.05) is 10.3 Å². The van der Waals surface area contributed by atoms with Gasteiger partial charge in [-0.25, -0.2) is 13.4 Å². The topological polar surface area (TPSA) is 109 Å². The molecule has 2 heterocycles. The normalized spacial score (nSPS) is 12.8. The molecule has 1 unspecified atom stereocenters. The summed E-state index contributed by atoms with van der Waals surface area (Å²) in [6.07, 6.45) is 0.813. The van der Waals surface area contributed by atoms with Gasteiger partial charge >= 0.3 is 0 Å². The van der Waals surface area contributed by atoms with E-state index in [0.717, 1.165) is 17.0 Å². The van der Waals surface area contributed by atoms with Crippen LogP contribution in [0.5, 0.6) is 0 Å². The molecule has 0 aliphatic carbocycles. The summed E-state index contributed by atoms with van der Waals surface area (Å²) in [5, 5.41) is 9.62. The van der Waals surface area contributed by atoms with E-state index in [-0.39, 0.29) is 5.13 Å². The van der Waals surface area contributed by atoms with Crippen LogP contribution in [0.25, 0.3) is 10.6 Å². The van der Waals surface area contributed by atoms with Crippen molar-refractivity contribution in [2.75, 3.05) is 11.3 Å². The maximum Gasteiger partial charge on any atom is 0.250 e. The quantitative estimate of drug-likeness (QED) is 0.835. The minimum absolute atomic E-state index is 0.265. The lowest BCUT2D eigenvalue weighted by atomic mass is 10.3. The molecule has 0 radical (unpaired) electrons. The van der Waals surface area contributed by atoms with E-state index in [0.29, 0.717) is 6.54 Å². The van der Waals surface area contributed by atoms with E-state index in [9.17, 15) is 8.42 Å². The first-order chi connectivity index (χ1) is 9.96. The summed E-state index contributed by atoms with van der Waals surface area (Å²) in [4.78, 5) is 6.39. The predicted octanol–water partition coefficient (Wildman–Crippen LogP) is 2.03. The Labute approximate surface area is 131 Å². The summed E-state index contributed by atoms with van der Waals surface area (Å²) in [6, 6.07) is 5.64. The van der Waals surface area contributed by atoms with Gasteiger partial charge in [-0.3, -0.25) is 4.72 Å². The first-order valence-corrected chi connectivity index (χ1v) is 9.36. The lowest BCUT2D eigenvalue weighted by Crippen LogP contribution is -2.23. The fourth-order valence-corrected chi connectivity index (χ4v) is 4.26. The molecule has 1 atom stereocenters. The Bertz CT molecular complexity index is 758. The standard InChI is InChI=1S/C12H14N4O2S3/c1-8(6-14)21(17,18)16-12-15-10(7-19-12)11-3-2-9(20-11)4-5-13/h2-3,7-8H,4-5,13H2,1H3,(H,15,16). The maximum absolute atomic E-state index is 11.8. The van der Waals surface area contributed by atoms with Crippen LogP contribution in [0.2, 0.25) is 0 Å². The summed E-state index contributed by atoms with van der Waals surface area (Å²) in [5.74, 6) is 0. The highest BCUT2D eigenvalue weighted by molar-refractivity contribution is 7.93. The van der Waals surface area contributed by atoms with E-state index in [4.69, 9.17) is 11.0 Å². The zero-order valence-corrected chi connectivity index (χ0v) is 13.7. The molecule has 6 nitrogen and oxygen atoms in total. The molecule has 0 aromatic carbocycles. The van der Waals surface area contributed by atoms with E-state index in [2.05, 4.69) is 9.71 Å². The van der Waals surface area contributed by atoms with Crippen molar-refractivity contribution >= 4 is 37.8 Å². The van der Waals surface area contributed by atoms with E-state index >= 15 is 0 Å². The lowest BCUT2D eigenvalue weighted by Gasteiger charge is -2.05. The molecule has 0 bridgehead atoms. The molecular formula is C12H14N4O2S3. The van der Waals surface area contributed by atoms with Crippen LogP contribution in [0.15, 0.2) is 17.5 Å². The molecule has 112 valence electrons. The van der Waals surface area contributed by atoms with Crippen molar-refractivity contribution < 1.29 is 8.42 Å². The monoisotopic (exact) mass is 342 g/mol. The van der Waals surface area contributed by atoms with Crippen LogP contribution in [0.1, 0.15) is 11.8 Å². The Morgan fingerprint density at radius 2 is 2.29 bits per heavy atom.